The molecule has 0 spiro atoms. The number of aromatic nitrogens is 1. The first kappa shape index (κ1) is 16.0. The highest BCUT2D eigenvalue weighted by atomic mass is 35.5. The van der Waals surface area contributed by atoms with Crippen LogP contribution in [0.25, 0.3) is 0 Å². The number of rotatable bonds is 5. The van der Waals surface area contributed by atoms with E-state index in [4.69, 9.17) is 16.0 Å². The molecule has 3 rings (SSSR count). The monoisotopic (exact) mass is 334 g/mol. The van der Waals surface area contributed by atoms with Crippen LogP contribution in [0.1, 0.15) is 5.76 Å². The Hall–Kier alpha value is -1.89. The van der Waals surface area contributed by atoms with E-state index >= 15 is 0 Å². The second-order valence-electron chi connectivity index (χ2n) is 5.52. The predicted octanol–water partition coefficient (Wildman–Crippen LogP) is 2.08. The molecule has 1 aliphatic heterocycles. The maximum absolute atomic E-state index is 12.1. The second-order valence-corrected chi connectivity index (χ2v) is 5.88. The summed E-state index contributed by atoms with van der Waals surface area (Å²) in [5.41, 5.74) is 0.552. The molecule has 0 bridgehead atoms. The van der Waals surface area contributed by atoms with E-state index in [9.17, 15) is 4.79 Å². The van der Waals surface area contributed by atoms with Crippen LogP contribution in [-0.4, -0.2) is 53.4 Å². The number of anilines is 1. The third-order valence-electron chi connectivity index (χ3n) is 3.82. The Morgan fingerprint density at radius 1 is 1.22 bits per heavy atom. The van der Waals surface area contributed by atoms with Gasteiger partial charge in [-0.15, -0.1) is 0 Å². The number of carbonyl (C=O) groups excluding carboxylic acids is 1. The summed E-state index contributed by atoms with van der Waals surface area (Å²) in [5.74, 6) is 0.904. The van der Waals surface area contributed by atoms with Crippen LogP contribution in [0.3, 0.4) is 0 Å². The first-order valence-electron chi connectivity index (χ1n) is 7.58. The van der Waals surface area contributed by atoms with Crippen molar-refractivity contribution in [1.82, 2.24) is 14.8 Å². The predicted molar refractivity (Wildman–Crippen MR) is 88.3 cm³/mol. The lowest BCUT2D eigenvalue weighted by atomic mass is 10.3. The average molecular weight is 335 g/mol. The Bertz CT molecular complexity index is 639. The standard InChI is InChI=1S/C16H19ClN4O2/c17-16-14(4-1-5-18-16)19-15(22)12-21-8-6-20(7-9-21)11-13-3-2-10-23-13/h1-5,10H,6-9,11-12H2,(H,19,22). The average Bonchev–Trinajstić information content (AvgIpc) is 3.04. The highest BCUT2D eigenvalue weighted by Gasteiger charge is 2.20. The Morgan fingerprint density at radius 2 is 2.00 bits per heavy atom. The zero-order chi connectivity index (χ0) is 16.1. The van der Waals surface area contributed by atoms with E-state index in [1.54, 1.807) is 24.6 Å². The summed E-state index contributed by atoms with van der Waals surface area (Å²) in [5, 5.41) is 3.11. The number of halogens is 1. The summed E-state index contributed by atoms with van der Waals surface area (Å²) in [6.45, 7) is 4.73. The van der Waals surface area contributed by atoms with Gasteiger partial charge in [0, 0.05) is 32.4 Å². The fourth-order valence-corrected chi connectivity index (χ4v) is 2.77. The van der Waals surface area contributed by atoms with Gasteiger partial charge in [0.15, 0.2) is 5.15 Å². The summed E-state index contributed by atoms with van der Waals surface area (Å²) in [4.78, 5) is 20.5. The molecule has 7 heteroatoms. The summed E-state index contributed by atoms with van der Waals surface area (Å²) >= 11 is 5.94. The lowest BCUT2D eigenvalue weighted by molar-refractivity contribution is -0.117. The van der Waals surface area contributed by atoms with Crippen molar-refractivity contribution in [2.75, 3.05) is 38.0 Å². The third kappa shape index (κ3) is 4.54. The molecule has 0 aromatic carbocycles. The molecule has 1 N–H and O–H groups in total. The zero-order valence-corrected chi connectivity index (χ0v) is 13.5. The van der Waals surface area contributed by atoms with Gasteiger partial charge >= 0.3 is 0 Å². The lowest BCUT2D eigenvalue weighted by Gasteiger charge is -2.33. The van der Waals surface area contributed by atoms with E-state index < -0.39 is 0 Å². The lowest BCUT2D eigenvalue weighted by Crippen LogP contribution is -2.48. The molecule has 122 valence electrons. The van der Waals surface area contributed by atoms with Crippen molar-refractivity contribution in [3.05, 3.63) is 47.6 Å². The van der Waals surface area contributed by atoms with Gasteiger partial charge in [-0.05, 0) is 24.3 Å². The van der Waals surface area contributed by atoms with Crippen LogP contribution in [-0.2, 0) is 11.3 Å². The van der Waals surface area contributed by atoms with Gasteiger partial charge in [-0.1, -0.05) is 11.6 Å². The van der Waals surface area contributed by atoms with Crippen molar-refractivity contribution in [1.29, 1.82) is 0 Å². The fourth-order valence-electron chi connectivity index (χ4n) is 2.60. The van der Waals surface area contributed by atoms with Gasteiger partial charge in [-0.3, -0.25) is 14.6 Å². The Labute approximate surface area is 140 Å². The van der Waals surface area contributed by atoms with Crippen LogP contribution in [0, 0.1) is 0 Å². The maximum Gasteiger partial charge on any atom is 0.238 e. The smallest absolute Gasteiger partial charge is 0.238 e. The van der Waals surface area contributed by atoms with E-state index in [0.717, 1.165) is 38.5 Å². The molecule has 2 aromatic rings. The molecule has 0 aliphatic carbocycles. The number of hydrogen-bond acceptors (Lipinski definition) is 5. The summed E-state index contributed by atoms with van der Waals surface area (Å²) < 4.78 is 5.37. The van der Waals surface area contributed by atoms with E-state index in [-0.39, 0.29) is 5.91 Å². The maximum atomic E-state index is 12.1. The number of nitrogens with one attached hydrogen (secondary N) is 1. The molecule has 1 amide bonds. The summed E-state index contributed by atoms with van der Waals surface area (Å²) in [6, 6.07) is 7.38. The van der Waals surface area contributed by atoms with E-state index in [0.29, 0.717) is 17.4 Å². The van der Waals surface area contributed by atoms with Gasteiger partial charge in [-0.25, -0.2) is 4.98 Å². The van der Waals surface area contributed by atoms with Crippen LogP contribution in [0.2, 0.25) is 5.15 Å². The third-order valence-corrected chi connectivity index (χ3v) is 4.13. The van der Waals surface area contributed by atoms with Crippen molar-refractivity contribution in [3.8, 4) is 0 Å². The molecular formula is C16H19ClN4O2. The van der Waals surface area contributed by atoms with Gasteiger partial charge < -0.3 is 9.73 Å². The van der Waals surface area contributed by atoms with E-state index in [1.807, 2.05) is 12.1 Å². The van der Waals surface area contributed by atoms with Crippen molar-refractivity contribution < 1.29 is 9.21 Å². The number of amides is 1. The summed E-state index contributed by atoms with van der Waals surface area (Å²) in [6.07, 6.45) is 3.29. The molecular weight excluding hydrogens is 316 g/mol. The topological polar surface area (TPSA) is 61.6 Å². The van der Waals surface area contributed by atoms with Gasteiger partial charge in [0.1, 0.15) is 5.76 Å². The normalized spacial score (nSPS) is 16.4. The number of hydrogen-bond donors (Lipinski definition) is 1. The van der Waals surface area contributed by atoms with E-state index in [2.05, 4.69) is 20.1 Å². The molecule has 0 radical (unpaired) electrons. The molecule has 3 heterocycles. The Kier molecular flexibility index (Phi) is 5.27. The van der Waals surface area contributed by atoms with Crippen LogP contribution < -0.4 is 5.32 Å². The van der Waals surface area contributed by atoms with E-state index in [1.165, 1.54) is 0 Å². The van der Waals surface area contributed by atoms with Crippen molar-refractivity contribution >= 4 is 23.2 Å². The van der Waals surface area contributed by atoms with Crippen LogP contribution >= 0.6 is 11.6 Å². The van der Waals surface area contributed by atoms with Gasteiger partial charge in [-0.2, -0.15) is 0 Å². The number of nitrogens with zero attached hydrogens (tertiary/aromatic N) is 3. The van der Waals surface area contributed by atoms with Crippen molar-refractivity contribution in [2.45, 2.75) is 6.54 Å². The number of piperazine rings is 1. The highest BCUT2D eigenvalue weighted by Crippen LogP contribution is 2.17. The molecule has 2 aromatic heterocycles. The van der Waals surface area contributed by atoms with Crippen molar-refractivity contribution in [2.24, 2.45) is 0 Å². The Morgan fingerprint density at radius 3 is 2.70 bits per heavy atom. The zero-order valence-electron chi connectivity index (χ0n) is 12.7. The first-order valence-corrected chi connectivity index (χ1v) is 7.96. The molecule has 23 heavy (non-hydrogen) atoms. The molecule has 6 nitrogen and oxygen atoms in total. The minimum atomic E-state index is -0.0700. The largest absolute Gasteiger partial charge is 0.468 e. The number of carbonyl (C=O) groups is 1. The minimum absolute atomic E-state index is 0.0700. The second kappa shape index (κ2) is 7.59. The van der Waals surface area contributed by atoms with Crippen molar-refractivity contribution in [3.63, 3.8) is 0 Å². The van der Waals surface area contributed by atoms with Crippen LogP contribution in [0.15, 0.2) is 41.1 Å². The fraction of sp³-hybridized carbons (Fsp3) is 0.375. The first-order chi connectivity index (χ1) is 11.2. The quantitative estimate of drug-likeness (QED) is 0.848. The molecule has 1 saturated heterocycles. The highest BCUT2D eigenvalue weighted by molar-refractivity contribution is 6.32. The number of pyridine rings is 1. The summed E-state index contributed by atoms with van der Waals surface area (Å²) in [7, 11) is 0. The van der Waals surface area contributed by atoms with Crippen LogP contribution in [0.5, 0.6) is 0 Å². The molecule has 1 fully saturated rings. The van der Waals surface area contributed by atoms with Gasteiger partial charge in [0.2, 0.25) is 5.91 Å². The van der Waals surface area contributed by atoms with Crippen LogP contribution in [0.4, 0.5) is 5.69 Å². The SMILES string of the molecule is O=C(CN1CCN(Cc2ccco2)CC1)Nc1cccnc1Cl. The number of furan rings is 1. The molecule has 0 unspecified atom stereocenters. The molecule has 0 atom stereocenters. The van der Waals surface area contributed by atoms with Gasteiger partial charge in [0.05, 0.1) is 25.0 Å². The Balaban J connectivity index is 1.43. The van der Waals surface area contributed by atoms with Gasteiger partial charge in [0.25, 0.3) is 0 Å². The minimum Gasteiger partial charge on any atom is -0.468 e. The molecule has 1 aliphatic rings. The molecule has 0 saturated carbocycles.